The Morgan fingerprint density at radius 2 is 1.97 bits per heavy atom. The van der Waals surface area contributed by atoms with Crippen LogP contribution in [0.15, 0.2) is 40.4 Å². The zero-order valence-corrected chi connectivity index (χ0v) is 19.6. The van der Waals surface area contributed by atoms with Gasteiger partial charge in [-0.2, -0.15) is 0 Å². The van der Waals surface area contributed by atoms with Gasteiger partial charge in [0.05, 0.1) is 6.61 Å². The van der Waals surface area contributed by atoms with Crippen LogP contribution < -0.4 is 0 Å². The molecule has 1 aromatic rings. The topological polar surface area (TPSA) is 85.2 Å². The van der Waals surface area contributed by atoms with Gasteiger partial charge in [0.15, 0.2) is 18.2 Å². The third-order valence-corrected chi connectivity index (χ3v) is 8.94. The lowest BCUT2D eigenvalue weighted by Gasteiger charge is -2.64. The zero-order chi connectivity index (χ0) is 22.2. The summed E-state index contributed by atoms with van der Waals surface area (Å²) in [5.41, 5.74) is -0.888. The molecule has 0 radical (unpaired) electrons. The monoisotopic (exact) mass is 492 g/mol. The Bertz CT molecular complexity index is 942. The van der Waals surface area contributed by atoms with Crippen LogP contribution in [0, 0.1) is 16.7 Å². The number of aliphatic hydroxyl groups is 2. The van der Waals surface area contributed by atoms with E-state index in [-0.39, 0.29) is 31.3 Å². The molecule has 2 N–H and O–H groups in total. The number of rotatable bonds is 4. The highest BCUT2D eigenvalue weighted by Gasteiger charge is 2.78. The van der Waals surface area contributed by atoms with Gasteiger partial charge in [-0.05, 0) is 43.4 Å². The largest absolute Gasteiger partial charge is 0.456 e. The first-order chi connectivity index (χ1) is 14.5. The molecule has 7 atom stereocenters. The van der Waals surface area contributed by atoms with Crippen LogP contribution in [0.3, 0.4) is 0 Å². The molecule has 4 fully saturated rings. The molecule has 7 heteroatoms. The number of esters is 1. The Morgan fingerprint density at radius 3 is 2.68 bits per heavy atom. The van der Waals surface area contributed by atoms with E-state index in [1.165, 1.54) is 0 Å². The minimum absolute atomic E-state index is 0.127. The van der Waals surface area contributed by atoms with Gasteiger partial charge in [0.2, 0.25) is 0 Å². The average Bonchev–Trinajstić information content (AvgIpc) is 2.98. The van der Waals surface area contributed by atoms with E-state index in [1.807, 2.05) is 31.2 Å². The van der Waals surface area contributed by atoms with Crippen molar-refractivity contribution in [1.29, 1.82) is 0 Å². The first-order valence-corrected chi connectivity index (χ1v) is 11.7. The molecule has 168 valence electrons. The molecule has 5 aliphatic rings. The number of carbonyl (C=O) groups excluding carboxylic acids is 1. The minimum Gasteiger partial charge on any atom is -0.456 e. The highest BCUT2D eigenvalue weighted by molar-refractivity contribution is 9.10. The molecule has 31 heavy (non-hydrogen) atoms. The fraction of sp³-hybridized carbons (Fsp3) is 0.625. The Kier molecular flexibility index (Phi) is 4.79. The summed E-state index contributed by atoms with van der Waals surface area (Å²) in [6.07, 6.45) is 2.37. The van der Waals surface area contributed by atoms with Gasteiger partial charge in [-0.3, -0.25) is 4.79 Å². The van der Waals surface area contributed by atoms with Crippen molar-refractivity contribution >= 4 is 21.9 Å². The number of fused-ring (bicyclic) bond motifs is 1. The molecule has 0 aromatic heterocycles. The molecule has 1 unspecified atom stereocenters. The molecule has 1 saturated carbocycles. The van der Waals surface area contributed by atoms with E-state index in [1.54, 1.807) is 6.92 Å². The maximum atomic E-state index is 12.9. The van der Waals surface area contributed by atoms with E-state index >= 15 is 0 Å². The van der Waals surface area contributed by atoms with Crippen molar-refractivity contribution in [3.05, 3.63) is 46.0 Å². The Labute approximate surface area is 190 Å². The van der Waals surface area contributed by atoms with E-state index in [0.29, 0.717) is 6.42 Å². The summed E-state index contributed by atoms with van der Waals surface area (Å²) >= 11 is 3.42. The highest BCUT2D eigenvalue weighted by atomic mass is 79.9. The van der Waals surface area contributed by atoms with Crippen LogP contribution in [0.2, 0.25) is 0 Å². The van der Waals surface area contributed by atoms with Crippen LogP contribution in [0.4, 0.5) is 0 Å². The molecule has 3 aliphatic heterocycles. The van der Waals surface area contributed by atoms with E-state index in [4.69, 9.17) is 14.2 Å². The number of hydrogen-bond donors (Lipinski definition) is 2. The second kappa shape index (κ2) is 6.87. The first kappa shape index (κ1) is 21.6. The van der Waals surface area contributed by atoms with Crippen LogP contribution in [0.5, 0.6) is 0 Å². The molecule has 6 nitrogen and oxygen atoms in total. The van der Waals surface area contributed by atoms with Crippen molar-refractivity contribution < 1.29 is 29.2 Å². The van der Waals surface area contributed by atoms with Crippen LogP contribution in [-0.4, -0.2) is 46.6 Å². The van der Waals surface area contributed by atoms with Gasteiger partial charge in [-0.15, -0.1) is 0 Å². The van der Waals surface area contributed by atoms with Gasteiger partial charge in [0.1, 0.15) is 5.60 Å². The molecule has 1 aromatic carbocycles. The standard InChI is InChI=1S/C24H29BrO6/c1-14-4-10-17-21(2)13-29-20-19(23(14,17)12-24(28,31-20)22(21,3)27)30-18(26)11-7-15-5-8-16(25)9-6-15/h5-6,8-10,14,19-20,27-28H,4,7,11-13H2,1-3H3/t14-,19+,20?,21-,22-,23+,24-/m1/s1. The first-order valence-electron chi connectivity index (χ1n) is 10.9. The molecule has 1 spiro atoms. The Morgan fingerprint density at radius 1 is 1.26 bits per heavy atom. The van der Waals surface area contributed by atoms with Crippen LogP contribution in [0.1, 0.15) is 45.6 Å². The van der Waals surface area contributed by atoms with Crippen molar-refractivity contribution in [3.63, 3.8) is 0 Å². The summed E-state index contributed by atoms with van der Waals surface area (Å²) < 4.78 is 19.0. The molecule has 3 heterocycles. The lowest BCUT2D eigenvalue weighted by molar-refractivity contribution is -0.407. The number of carbonyl (C=O) groups is 1. The van der Waals surface area contributed by atoms with Gasteiger partial charge in [-0.1, -0.05) is 53.6 Å². The molecule has 6 rings (SSSR count). The van der Waals surface area contributed by atoms with Gasteiger partial charge in [-0.25, -0.2) is 0 Å². The van der Waals surface area contributed by atoms with Crippen molar-refractivity contribution in [1.82, 2.24) is 0 Å². The van der Waals surface area contributed by atoms with E-state index in [0.717, 1.165) is 22.0 Å². The molecule has 2 aliphatic carbocycles. The number of allylic oxidation sites excluding steroid dienone is 1. The summed E-state index contributed by atoms with van der Waals surface area (Å²) in [6, 6.07) is 7.87. The van der Waals surface area contributed by atoms with E-state index in [9.17, 15) is 15.0 Å². The molecule has 3 saturated heterocycles. The second-order valence-electron chi connectivity index (χ2n) is 9.99. The molecular weight excluding hydrogens is 464 g/mol. The fourth-order valence-corrected chi connectivity index (χ4v) is 6.53. The van der Waals surface area contributed by atoms with Crippen LogP contribution in [-0.2, 0) is 25.4 Å². The summed E-state index contributed by atoms with van der Waals surface area (Å²) in [5.74, 6) is -1.95. The van der Waals surface area contributed by atoms with Crippen LogP contribution >= 0.6 is 15.9 Å². The summed E-state index contributed by atoms with van der Waals surface area (Å²) in [6.45, 7) is 5.84. The van der Waals surface area contributed by atoms with Crippen molar-refractivity contribution in [2.75, 3.05) is 6.61 Å². The van der Waals surface area contributed by atoms with Gasteiger partial charge < -0.3 is 24.4 Å². The molecule has 0 amide bonds. The normalized spacial score (nSPS) is 45.2. The molecule has 4 bridgehead atoms. The number of hydrogen-bond acceptors (Lipinski definition) is 6. The van der Waals surface area contributed by atoms with Crippen molar-refractivity contribution in [2.45, 2.75) is 70.2 Å². The predicted molar refractivity (Wildman–Crippen MR) is 116 cm³/mol. The quantitative estimate of drug-likeness (QED) is 0.494. The van der Waals surface area contributed by atoms with Gasteiger partial charge in [0.25, 0.3) is 0 Å². The van der Waals surface area contributed by atoms with E-state index in [2.05, 4.69) is 28.9 Å². The number of benzene rings is 1. The minimum atomic E-state index is -1.76. The zero-order valence-electron chi connectivity index (χ0n) is 18.1. The predicted octanol–water partition coefficient (Wildman–Crippen LogP) is 3.48. The van der Waals surface area contributed by atoms with Crippen molar-refractivity contribution in [3.8, 4) is 0 Å². The summed E-state index contributed by atoms with van der Waals surface area (Å²) in [7, 11) is 0. The SMILES string of the molecule is C[C@@H]1CC=C2[C@]13C[C@@]1(O)OC(OC[C@@]2(C)[C@@]1(C)O)[C@@H]3OC(=O)CCc1ccc(Br)cc1. The van der Waals surface area contributed by atoms with Gasteiger partial charge in [0, 0.05) is 28.1 Å². The number of ether oxygens (including phenoxy) is 3. The lowest BCUT2D eigenvalue weighted by atomic mass is 9.48. The number of halogens is 1. The van der Waals surface area contributed by atoms with Crippen LogP contribution in [0.25, 0.3) is 0 Å². The third kappa shape index (κ3) is 2.80. The molecular formula is C24H29BrO6. The second-order valence-corrected chi connectivity index (χ2v) is 10.9. The summed E-state index contributed by atoms with van der Waals surface area (Å²) in [4.78, 5) is 12.9. The lowest BCUT2D eigenvalue weighted by Crippen LogP contribution is -2.75. The maximum absolute atomic E-state index is 12.9. The van der Waals surface area contributed by atoms with E-state index < -0.39 is 34.6 Å². The maximum Gasteiger partial charge on any atom is 0.306 e. The summed E-state index contributed by atoms with van der Waals surface area (Å²) in [5, 5.41) is 22.8. The average molecular weight is 493 g/mol. The Hall–Kier alpha value is -1.25. The van der Waals surface area contributed by atoms with Gasteiger partial charge >= 0.3 is 5.97 Å². The highest BCUT2D eigenvalue weighted by Crippen LogP contribution is 2.71. The van der Waals surface area contributed by atoms with Crippen molar-refractivity contribution in [2.24, 2.45) is 16.7 Å². The Balaban J connectivity index is 1.44. The fourth-order valence-electron chi connectivity index (χ4n) is 6.27. The smallest absolute Gasteiger partial charge is 0.306 e. The third-order valence-electron chi connectivity index (χ3n) is 8.41. The number of aryl methyl sites for hydroxylation is 1.